The Hall–Kier alpha value is -2.43. The number of carbonyl (C=O) groups is 1. The molecule has 0 aliphatic heterocycles. The number of benzene rings is 1. The van der Waals surface area contributed by atoms with Crippen molar-refractivity contribution >= 4 is 5.97 Å². The molecule has 0 saturated heterocycles. The van der Waals surface area contributed by atoms with Crippen LogP contribution in [0, 0.1) is 5.82 Å². The third-order valence-corrected chi connectivity index (χ3v) is 2.51. The van der Waals surface area contributed by atoms with Gasteiger partial charge in [-0.2, -0.15) is 0 Å². The monoisotopic (exact) mass is 247 g/mol. The molecule has 4 nitrogen and oxygen atoms in total. The summed E-state index contributed by atoms with van der Waals surface area (Å²) in [6.45, 7) is 0. The van der Waals surface area contributed by atoms with Gasteiger partial charge in [-0.25, -0.2) is 9.18 Å². The average Bonchev–Trinajstić information content (AvgIpc) is 2.39. The minimum atomic E-state index is -1.23. The maximum Gasteiger partial charge on any atom is 0.339 e. The lowest BCUT2D eigenvalue weighted by molar-refractivity contribution is 0.0693. The number of carboxylic acids is 1. The first-order valence-electron chi connectivity index (χ1n) is 5.14. The summed E-state index contributed by atoms with van der Waals surface area (Å²) in [7, 11) is 1.34. The second-order valence-electron chi connectivity index (χ2n) is 3.57. The van der Waals surface area contributed by atoms with Crippen molar-refractivity contribution in [2.75, 3.05) is 7.11 Å². The van der Waals surface area contributed by atoms with E-state index in [1.54, 1.807) is 12.1 Å². The fraction of sp³-hybridized carbons (Fsp3) is 0.0769. The predicted molar refractivity (Wildman–Crippen MR) is 63.1 cm³/mol. The number of pyridine rings is 1. The van der Waals surface area contributed by atoms with Gasteiger partial charge in [-0.1, -0.05) is 0 Å². The van der Waals surface area contributed by atoms with Gasteiger partial charge < -0.3 is 9.84 Å². The molecule has 0 unspecified atom stereocenters. The number of nitrogens with zero attached hydrogens (tertiary/aromatic N) is 1. The SMILES string of the molecule is COc1cc(-c2ccncc2)c(F)cc1C(=O)O. The Morgan fingerprint density at radius 3 is 2.56 bits per heavy atom. The molecular formula is C13H10FNO3. The molecule has 1 heterocycles. The molecule has 2 rings (SSSR count). The Morgan fingerprint density at radius 1 is 1.33 bits per heavy atom. The van der Waals surface area contributed by atoms with Gasteiger partial charge in [0.05, 0.1) is 7.11 Å². The molecule has 0 atom stereocenters. The molecule has 0 radical (unpaired) electrons. The summed E-state index contributed by atoms with van der Waals surface area (Å²) in [6, 6.07) is 5.60. The number of aromatic carboxylic acids is 1. The first-order chi connectivity index (χ1) is 8.63. The highest BCUT2D eigenvalue weighted by molar-refractivity contribution is 5.92. The molecule has 0 bridgehead atoms. The van der Waals surface area contributed by atoms with Crippen LogP contribution in [0.15, 0.2) is 36.7 Å². The molecule has 18 heavy (non-hydrogen) atoms. The summed E-state index contributed by atoms with van der Waals surface area (Å²) in [6.07, 6.45) is 3.07. The van der Waals surface area contributed by atoms with Crippen LogP contribution in [0.4, 0.5) is 4.39 Å². The molecule has 0 aliphatic carbocycles. The third-order valence-electron chi connectivity index (χ3n) is 2.51. The molecule has 1 aromatic carbocycles. The Labute approximate surface area is 103 Å². The van der Waals surface area contributed by atoms with Crippen LogP contribution in [0.2, 0.25) is 0 Å². The van der Waals surface area contributed by atoms with Crippen LogP contribution in [0.3, 0.4) is 0 Å². The molecular weight excluding hydrogens is 237 g/mol. The summed E-state index contributed by atoms with van der Waals surface area (Å²) in [5.74, 6) is -1.72. The molecule has 0 amide bonds. The van der Waals surface area contributed by atoms with E-state index in [4.69, 9.17) is 9.84 Å². The van der Waals surface area contributed by atoms with Crippen molar-refractivity contribution in [3.8, 4) is 16.9 Å². The van der Waals surface area contributed by atoms with E-state index in [9.17, 15) is 9.18 Å². The quantitative estimate of drug-likeness (QED) is 0.905. The number of hydrogen-bond donors (Lipinski definition) is 1. The van der Waals surface area contributed by atoms with E-state index in [-0.39, 0.29) is 16.9 Å². The van der Waals surface area contributed by atoms with Crippen LogP contribution in [0.5, 0.6) is 5.75 Å². The first kappa shape index (κ1) is 12.0. The topological polar surface area (TPSA) is 59.4 Å². The second-order valence-corrected chi connectivity index (χ2v) is 3.57. The van der Waals surface area contributed by atoms with E-state index in [1.807, 2.05) is 0 Å². The van der Waals surface area contributed by atoms with Crippen molar-refractivity contribution in [2.24, 2.45) is 0 Å². The van der Waals surface area contributed by atoms with Gasteiger partial charge in [-0.05, 0) is 29.8 Å². The lowest BCUT2D eigenvalue weighted by atomic mass is 10.0. The zero-order valence-electron chi connectivity index (χ0n) is 9.55. The molecule has 1 aromatic heterocycles. The maximum absolute atomic E-state index is 13.9. The Bertz CT molecular complexity index is 584. The summed E-state index contributed by atoms with van der Waals surface area (Å²) in [5, 5.41) is 8.93. The van der Waals surface area contributed by atoms with E-state index < -0.39 is 11.8 Å². The van der Waals surface area contributed by atoms with Gasteiger partial charge in [0.1, 0.15) is 17.1 Å². The van der Waals surface area contributed by atoms with Crippen molar-refractivity contribution in [2.45, 2.75) is 0 Å². The molecule has 2 aromatic rings. The molecule has 1 N–H and O–H groups in total. The number of methoxy groups -OCH3 is 1. The summed E-state index contributed by atoms with van der Waals surface area (Å²) in [4.78, 5) is 14.8. The zero-order chi connectivity index (χ0) is 13.1. The average molecular weight is 247 g/mol. The summed E-state index contributed by atoms with van der Waals surface area (Å²) >= 11 is 0. The highest BCUT2D eigenvalue weighted by Gasteiger charge is 2.16. The molecule has 0 fully saturated rings. The second kappa shape index (κ2) is 4.83. The number of halogens is 1. The van der Waals surface area contributed by atoms with E-state index in [2.05, 4.69) is 4.98 Å². The fourth-order valence-corrected chi connectivity index (χ4v) is 1.64. The Kier molecular flexibility index (Phi) is 3.23. The minimum Gasteiger partial charge on any atom is -0.496 e. The number of carboxylic acid groups (broad SMARTS) is 1. The fourth-order valence-electron chi connectivity index (χ4n) is 1.64. The maximum atomic E-state index is 13.9. The number of hydrogen-bond acceptors (Lipinski definition) is 3. The van der Waals surface area contributed by atoms with Gasteiger partial charge in [0.15, 0.2) is 0 Å². The number of aromatic nitrogens is 1. The van der Waals surface area contributed by atoms with Crippen LogP contribution in [0.25, 0.3) is 11.1 Å². The lowest BCUT2D eigenvalue weighted by Gasteiger charge is -2.09. The van der Waals surface area contributed by atoms with Crippen LogP contribution < -0.4 is 4.74 Å². The minimum absolute atomic E-state index is 0.121. The van der Waals surface area contributed by atoms with Gasteiger partial charge in [0.2, 0.25) is 0 Å². The van der Waals surface area contributed by atoms with E-state index in [0.717, 1.165) is 6.07 Å². The molecule has 0 aliphatic rings. The van der Waals surface area contributed by atoms with Crippen molar-refractivity contribution in [3.05, 3.63) is 48.0 Å². The van der Waals surface area contributed by atoms with Gasteiger partial charge >= 0.3 is 5.97 Å². The van der Waals surface area contributed by atoms with Crippen molar-refractivity contribution < 1.29 is 19.0 Å². The highest BCUT2D eigenvalue weighted by Crippen LogP contribution is 2.29. The largest absolute Gasteiger partial charge is 0.496 e. The van der Waals surface area contributed by atoms with Crippen molar-refractivity contribution in [3.63, 3.8) is 0 Å². The normalized spacial score (nSPS) is 10.1. The zero-order valence-corrected chi connectivity index (χ0v) is 9.55. The molecule has 92 valence electrons. The summed E-state index contributed by atoms with van der Waals surface area (Å²) in [5.41, 5.74) is 0.685. The van der Waals surface area contributed by atoms with E-state index >= 15 is 0 Å². The smallest absolute Gasteiger partial charge is 0.339 e. The molecule has 5 heteroatoms. The van der Waals surface area contributed by atoms with Crippen molar-refractivity contribution in [1.82, 2.24) is 4.98 Å². The van der Waals surface area contributed by atoms with Gasteiger partial charge in [0, 0.05) is 18.0 Å². The summed E-state index contributed by atoms with van der Waals surface area (Å²) < 4.78 is 18.8. The van der Waals surface area contributed by atoms with Crippen molar-refractivity contribution in [1.29, 1.82) is 0 Å². The van der Waals surface area contributed by atoms with Gasteiger partial charge in [-0.3, -0.25) is 4.98 Å². The van der Waals surface area contributed by atoms with Crippen LogP contribution >= 0.6 is 0 Å². The predicted octanol–water partition coefficient (Wildman–Crippen LogP) is 2.59. The van der Waals surface area contributed by atoms with Gasteiger partial charge in [-0.15, -0.1) is 0 Å². The third kappa shape index (κ3) is 2.15. The first-order valence-corrected chi connectivity index (χ1v) is 5.14. The standard InChI is InChI=1S/C13H10FNO3/c1-18-12-7-9(8-2-4-15-5-3-8)11(14)6-10(12)13(16)17/h2-7H,1H3,(H,16,17). The molecule has 0 spiro atoms. The number of ether oxygens (including phenoxy) is 1. The van der Waals surface area contributed by atoms with Crippen LogP contribution in [-0.2, 0) is 0 Å². The highest BCUT2D eigenvalue weighted by atomic mass is 19.1. The molecule has 0 saturated carbocycles. The van der Waals surface area contributed by atoms with E-state index in [0.29, 0.717) is 5.56 Å². The Morgan fingerprint density at radius 2 is 2.00 bits per heavy atom. The van der Waals surface area contributed by atoms with E-state index in [1.165, 1.54) is 25.6 Å². The van der Waals surface area contributed by atoms with Gasteiger partial charge in [0.25, 0.3) is 0 Å². The van der Waals surface area contributed by atoms with Crippen LogP contribution in [-0.4, -0.2) is 23.2 Å². The van der Waals surface area contributed by atoms with Crippen LogP contribution in [0.1, 0.15) is 10.4 Å². The Balaban J connectivity index is 2.61. The lowest BCUT2D eigenvalue weighted by Crippen LogP contribution is -2.02. The number of rotatable bonds is 3.